The number of carboxylic acid groups (broad SMARTS) is 1. The summed E-state index contributed by atoms with van der Waals surface area (Å²) in [6.45, 7) is 1.75. The highest BCUT2D eigenvalue weighted by Crippen LogP contribution is 2.42. The van der Waals surface area contributed by atoms with Crippen molar-refractivity contribution in [1.29, 1.82) is 0 Å². The molecule has 3 heteroatoms. The van der Waals surface area contributed by atoms with Crippen LogP contribution in [-0.2, 0) is 4.79 Å². The fraction of sp³-hybridized carbons (Fsp3) is 0.909. The summed E-state index contributed by atoms with van der Waals surface area (Å²) in [5.74, 6) is 0.134. The van der Waals surface area contributed by atoms with E-state index < -0.39 is 11.4 Å². The molecular weight excluding hydrogens is 178 g/mol. The van der Waals surface area contributed by atoms with Gasteiger partial charge in [-0.05, 0) is 38.3 Å². The zero-order chi connectivity index (χ0) is 10.0. The number of aliphatic carboxylic acids is 1. The molecule has 1 heterocycles. The normalized spacial score (nSPS) is 26.9. The minimum atomic E-state index is -0.564. The monoisotopic (exact) mass is 197 g/mol. The maximum atomic E-state index is 11.3. The van der Waals surface area contributed by atoms with Crippen LogP contribution in [0, 0.1) is 11.3 Å². The summed E-state index contributed by atoms with van der Waals surface area (Å²) in [6, 6.07) is 0. The lowest BCUT2D eigenvalue weighted by Crippen LogP contribution is -2.44. The Balaban J connectivity index is 2.00. The first kappa shape index (κ1) is 9.97. The van der Waals surface area contributed by atoms with Crippen LogP contribution < -0.4 is 5.32 Å². The van der Waals surface area contributed by atoms with Gasteiger partial charge in [0, 0.05) is 0 Å². The minimum absolute atomic E-state index is 0.393. The number of nitrogens with one attached hydrogen (secondary N) is 1. The van der Waals surface area contributed by atoms with Gasteiger partial charge in [-0.1, -0.05) is 19.3 Å². The van der Waals surface area contributed by atoms with Crippen molar-refractivity contribution in [3.05, 3.63) is 0 Å². The van der Waals surface area contributed by atoms with Crippen LogP contribution >= 0.6 is 0 Å². The van der Waals surface area contributed by atoms with E-state index in [4.69, 9.17) is 0 Å². The molecule has 0 spiro atoms. The molecule has 0 amide bonds. The van der Waals surface area contributed by atoms with Crippen LogP contribution in [0.5, 0.6) is 0 Å². The van der Waals surface area contributed by atoms with Gasteiger partial charge in [0.1, 0.15) is 0 Å². The molecule has 0 bridgehead atoms. The van der Waals surface area contributed by atoms with Crippen molar-refractivity contribution >= 4 is 5.97 Å². The van der Waals surface area contributed by atoms with E-state index in [0.29, 0.717) is 5.92 Å². The fourth-order valence-corrected chi connectivity index (χ4v) is 2.66. The summed E-state index contributed by atoms with van der Waals surface area (Å²) >= 11 is 0. The predicted octanol–water partition coefficient (Wildman–Crippen LogP) is 1.63. The van der Waals surface area contributed by atoms with Crippen molar-refractivity contribution in [3.63, 3.8) is 0 Å². The van der Waals surface area contributed by atoms with Crippen molar-refractivity contribution in [2.24, 2.45) is 11.3 Å². The lowest BCUT2D eigenvalue weighted by atomic mass is 9.67. The third-order valence-electron chi connectivity index (χ3n) is 3.92. The molecule has 1 saturated heterocycles. The molecule has 1 aliphatic heterocycles. The molecule has 0 aromatic heterocycles. The summed E-state index contributed by atoms with van der Waals surface area (Å²) in [6.07, 6.45) is 6.37. The molecule has 1 saturated carbocycles. The number of rotatable bonds is 3. The summed E-state index contributed by atoms with van der Waals surface area (Å²) in [7, 11) is 0. The van der Waals surface area contributed by atoms with E-state index in [1.54, 1.807) is 0 Å². The number of piperidine rings is 1. The van der Waals surface area contributed by atoms with E-state index in [-0.39, 0.29) is 0 Å². The Morgan fingerprint density at radius 2 is 2.00 bits per heavy atom. The second-order valence-electron chi connectivity index (χ2n) is 4.84. The minimum Gasteiger partial charge on any atom is -0.481 e. The Morgan fingerprint density at radius 3 is 2.43 bits per heavy atom. The lowest BCUT2D eigenvalue weighted by molar-refractivity contribution is -0.152. The highest BCUT2D eigenvalue weighted by Gasteiger charge is 2.42. The first-order valence-electron chi connectivity index (χ1n) is 5.67. The fourth-order valence-electron chi connectivity index (χ4n) is 2.66. The molecule has 3 nitrogen and oxygen atoms in total. The molecule has 1 aliphatic carbocycles. The van der Waals surface area contributed by atoms with Gasteiger partial charge in [-0.2, -0.15) is 0 Å². The SMILES string of the molecule is O=C(O)C1(CC2CCC2)CCNCC1. The molecular formula is C11H19NO2. The van der Waals surface area contributed by atoms with Crippen LogP contribution in [0.3, 0.4) is 0 Å². The smallest absolute Gasteiger partial charge is 0.309 e. The Labute approximate surface area is 84.9 Å². The molecule has 0 unspecified atom stereocenters. The molecule has 0 aromatic rings. The molecule has 2 fully saturated rings. The predicted molar refractivity (Wildman–Crippen MR) is 54.1 cm³/mol. The second kappa shape index (κ2) is 3.89. The van der Waals surface area contributed by atoms with Crippen molar-refractivity contribution in [2.45, 2.75) is 38.5 Å². The third-order valence-corrected chi connectivity index (χ3v) is 3.92. The highest BCUT2D eigenvalue weighted by atomic mass is 16.4. The van der Waals surface area contributed by atoms with Gasteiger partial charge < -0.3 is 10.4 Å². The van der Waals surface area contributed by atoms with Crippen LogP contribution in [0.15, 0.2) is 0 Å². The quantitative estimate of drug-likeness (QED) is 0.723. The van der Waals surface area contributed by atoms with Crippen LogP contribution in [0.4, 0.5) is 0 Å². The topological polar surface area (TPSA) is 49.3 Å². The van der Waals surface area contributed by atoms with Crippen molar-refractivity contribution < 1.29 is 9.90 Å². The van der Waals surface area contributed by atoms with Crippen LogP contribution in [0.25, 0.3) is 0 Å². The van der Waals surface area contributed by atoms with Crippen LogP contribution in [0.1, 0.15) is 38.5 Å². The van der Waals surface area contributed by atoms with E-state index in [1.165, 1.54) is 19.3 Å². The van der Waals surface area contributed by atoms with Gasteiger partial charge in [-0.15, -0.1) is 0 Å². The van der Waals surface area contributed by atoms with Crippen LogP contribution in [-0.4, -0.2) is 24.2 Å². The first-order chi connectivity index (χ1) is 6.73. The van der Waals surface area contributed by atoms with Crippen molar-refractivity contribution in [2.75, 3.05) is 13.1 Å². The van der Waals surface area contributed by atoms with E-state index >= 15 is 0 Å². The van der Waals surface area contributed by atoms with Gasteiger partial charge in [0.05, 0.1) is 5.41 Å². The van der Waals surface area contributed by atoms with Crippen LogP contribution in [0.2, 0.25) is 0 Å². The van der Waals surface area contributed by atoms with Crippen molar-refractivity contribution in [3.8, 4) is 0 Å². The second-order valence-corrected chi connectivity index (χ2v) is 4.84. The Morgan fingerprint density at radius 1 is 1.36 bits per heavy atom. The first-order valence-corrected chi connectivity index (χ1v) is 5.67. The summed E-state index contributed by atoms with van der Waals surface area (Å²) in [5.41, 5.74) is -0.393. The van der Waals surface area contributed by atoms with E-state index in [9.17, 15) is 9.90 Å². The van der Waals surface area contributed by atoms with E-state index in [0.717, 1.165) is 32.4 Å². The maximum Gasteiger partial charge on any atom is 0.309 e. The molecule has 2 N–H and O–H groups in total. The average molecular weight is 197 g/mol. The molecule has 14 heavy (non-hydrogen) atoms. The van der Waals surface area contributed by atoms with Gasteiger partial charge in [-0.25, -0.2) is 0 Å². The van der Waals surface area contributed by atoms with E-state index in [2.05, 4.69) is 5.32 Å². The summed E-state index contributed by atoms with van der Waals surface area (Å²) in [5, 5.41) is 12.6. The molecule has 0 radical (unpaired) electrons. The summed E-state index contributed by atoms with van der Waals surface area (Å²) < 4.78 is 0. The standard InChI is InChI=1S/C11H19NO2/c13-10(14)11(4-6-12-7-5-11)8-9-2-1-3-9/h9,12H,1-8H2,(H,13,14). The number of hydrogen-bond acceptors (Lipinski definition) is 2. The van der Waals surface area contributed by atoms with Gasteiger partial charge in [-0.3, -0.25) is 4.79 Å². The maximum absolute atomic E-state index is 11.3. The Hall–Kier alpha value is -0.570. The summed E-state index contributed by atoms with van der Waals surface area (Å²) in [4.78, 5) is 11.3. The molecule has 2 rings (SSSR count). The molecule has 0 atom stereocenters. The van der Waals surface area contributed by atoms with Gasteiger partial charge in [0.2, 0.25) is 0 Å². The highest BCUT2D eigenvalue weighted by molar-refractivity contribution is 5.74. The van der Waals surface area contributed by atoms with Gasteiger partial charge >= 0.3 is 5.97 Å². The lowest BCUT2D eigenvalue weighted by Gasteiger charge is -2.39. The number of hydrogen-bond donors (Lipinski definition) is 2. The number of carboxylic acids is 1. The van der Waals surface area contributed by atoms with Crippen molar-refractivity contribution in [1.82, 2.24) is 5.32 Å². The zero-order valence-corrected chi connectivity index (χ0v) is 8.59. The Kier molecular flexibility index (Phi) is 2.77. The molecule has 80 valence electrons. The van der Waals surface area contributed by atoms with Gasteiger partial charge in [0.15, 0.2) is 0 Å². The third kappa shape index (κ3) is 1.78. The largest absolute Gasteiger partial charge is 0.481 e. The zero-order valence-electron chi connectivity index (χ0n) is 8.59. The molecule has 0 aromatic carbocycles. The number of carbonyl (C=O) groups is 1. The average Bonchev–Trinajstić information content (AvgIpc) is 2.13. The molecule has 2 aliphatic rings. The Bertz CT molecular complexity index is 217. The van der Waals surface area contributed by atoms with Gasteiger partial charge in [0.25, 0.3) is 0 Å². The van der Waals surface area contributed by atoms with E-state index in [1.807, 2.05) is 0 Å².